The van der Waals surface area contributed by atoms with E-state index in [-0.39, 0.29) is 42.6 Å². The summed E-state index contributed by atoms with van der Waals surface area (Å²) in [5.41, 5.74) is 1.08. The van der Waals surface area contributed by atoms with Crippen molar-refractivity contribution in [3.05, 3.63) is 69.8 Å². The molecule has 1 fully saturated rings. The Morgan fingerprint density at radius 1 is 1.21 bits per heavy atom. The number of phenolic OH excluding ortho intramolecular Hbond substituents is 1. The van der Waals surface area contributed by atoms with Crippen LogP contribution in [0.15, 0.2) is 48.5 Å². The SMILES string of the molecule is Cl.Cl.O=C(CCN1CCNCC1Cc1ccccc1)c1ccc(O)c([N+](=O)[O-])c1. The van der Waals surface area contributed by atoms with Crippen molar-refractivity contribution in [1.82, 2.24) is 10.2 Å². The summed E-state index contributed by atoms with van der Waals surface area (Å²) >= 11 is 0. The lowest BCUT2D eigenvalue weighted by atomic mass is 10.0. The molecule has 0 spiro atoms. The monoisotopic (exact) mass is 441 g/mol. The largest absolute Gasteiger partial charge is 0.502 e. The fourth-order valence-corrected chi connectivity index (χ4v) is 3.42. The highest BCUT2D eigenvalue weighted by atomic mass is 35.5. The smallest absolute Gasteiger partial charge is 0.311 e. The molecule has 1 heterocycles. The van der Waals surface area contributed by atoms with Gasteiger partial charge in [-0.15, -0.1) is 24.8 Å². The minimum atomic E-state index is -0.682. The average Bonchev–Trinajstić information content (AvgIpc) is 2.68. The number of nitro benzene ring substituents is 1. The highest BCUT2D eigenvalue weighted by Gasteiger charge is 2.23. The van der Waals surface area contributed by atoms with Crippen LogP contribution in [0.25, 0.3) is 0 Å². The number of Topliss-reactive ketones (excluding diaryl/α,β-unsaturated/α-hetero) is 1. The van der Waals surface area contributed by atoms with E-state index >= 15 is 0 Å². The van der Waals surface area contributed by atoms with Crippen molar-refractivity contribution in [2.24, 2.45) is 0 Å². The number of carbonyl (C=O) groups is 1. The standard InChI is InChI=1S/C20H23N3O4.2ClH/c24-19(16-6-7-20(25)18(13-16)23(26)27)8-10-22-11-9-21-14-17(22)12-15-4-2-1-3-5-15;;/h1-7,13,17,21,25H,8-12,14H2;2*1H. The Morgan fingerprint density at radius 2 is 1.93 bits per heavy atom. The first kappa shape index (κ1) is 24.8. The lowest BCUT2D eigenvalue weighted by Crippen LogP contribution is -2.52. The van der Waals surface area contributed by atoms with E-state index in [1.165, 1.54) is 17.7 Å². The molecule has 9 heteroatoms. The summed E-state index contributed by atoms with van der Waals surface area (Å²) < 4.78 is 0. The van der Waals surface area contributed by atoms with Crippen molar-refractivity contribution in [3.63, 3.8) is 0 Å². The Labute approximate surface area is 182 Å². The number of halogens is 2. The number of nitro groups is 1. The molecule has 0 aromatic heterocycles. The van der Waals surface area contributed by atoms with Gasteiger partial charge >= 0.3 is 5.69 Å². The van der Waals surface area contributed by atoms with Gasteiger partial charge in [0.25, 0.3) is 0 Å². The van der Waals surface area contributed by atoms with E-state index in [9.17, 15) is 20.0 Å². The van der Waals surface area contributed by atoms with E-state index in [1.54, 1.807) is 0 Å². The molecule has 0 radical (unpaired) electrons. The summed E-state index contributed by atoms with van der Waals surface area (Å²) in [7, 11) is 0. The van der Waals surface area contributed by atoms with E-state index < -0.39 is 16.4 Å². The molecule has 29 heavy (non-hydrogen) atoms. The number of nitrogens with one attached hydrogen (secondary N) is 1. The minimum absolute atomic E-state index is 0. The molecule has 2 N–H and O–H groups in total. The van der Waals surface area contributed by atoms with Crippen molar-refractivity contribution < 1.29 is 14.8 Å². The maximum absolute atomic E-state index is 12.5. The van der Waals surface area contributed by atoms with Gasteiger partial charge in [-0.05, 0) is 24.1 Å². The second-order valence-corrected chi connectivity index (χ2v) is 6.72. The van der Waals surface area contributed by atoms with Gasteiger partial charge in [0.05, 0.1) is 4.92 Å². The van der Waals surface area contributed by atoms with E-state index in [4.69, 9.17) is 0 Å². The number of piperazine rings is 1. The molecule has 0 amide bonds. The number of nitrogens with zero attached hydrogens (tertiary/aromatic N) is 2. The average molecular weight is 442 g/mol. The second kappa shape index (κ2) is 11.7. The number of benzene rings is 2. The molecular weight excluding hydrogens is 417 g/mol. The normalized spacial score (nSPS) is 16.3. The number of hydrogen-bond donors (Lipinski definition) is 2. The van der Waals surface area contributed by atoms with Crippen LogP contribution < -0.4 is 5.32 Å². The fourth-order valence-electron chi connectivity index (χ4n) is 3.42. The van der Waals surface area contributed by atoms with Gasteiger partial charge in [-0.1, -0.05) is 30.3 Å². The number of carbonyl (C=O) groups excluding carboxylic acids is 1. The highest BCUT2D eigenvalue weighted by Crippen LogP contribution is 2.26. The minimum Gasteiger partial charge on any atom is -0.502 e. The Morgan fingerprint density at radius 3 is 2.62 bits per heavy atom. The number of ketones is 1. The highest BCUT2D eigenvalue weighted by molar-refractivity contribution is 5.97. The van der Waals surface area contributed by atoms with Crippen LogP contribution in [0, 0.1) is 10.1 Å². The molecule has 1 aliphatic heterocycles. The van der Waals surface area contributed by atoms with Crippen molar-refractivity contribution in [1.29, 1.82) is 0 Å². The Hall–Kier alpha value is -2.19. The predicted molar refractivity (Wildman–Crippen MR) is 117 cm³/mol. The van der Waals surface area contributed by atoms with Crippen LogP contribution in [0.5, 0.6) is 5.75 Å². The zero-order chi connectivity index (χ0) is 19.2. The summed E-state index contributed by atoms with van der Waals surface area (Å²) in [6.45, 7) is 3.21. The van der Waals surface area contributed by atoms with E-state index in [0.29, 0.717) is 12.6 Å². The van der Waals surface area contributed by atoms with Crippen molar-refractivity contribution in [2.45, 2.75) is 18.9 Å². The van der Waals surface area contributed by atoms with Gasteiger partial charge in [0.15, 0.2) is 11.5 Å². The van der Waals surface area contributed by atoms with Crippen LogP contribution in [0.1, 0.15) is 22.3 Å². The molecule has 3 rings (SSSR count). The second-order valence-electron chi connectivity index (χ2n) is 6.72. The van der Waals surface area contributed by atoms with Crippen molar-refractivity contribution in [3.8, 4) is 5.75 Å². The lowest BCUT2D eigenvalue weighted by Gasteiger charge is -2.36. The summed E-state index contributed by atoms with van der Waals surface area (Å²) in [4.78, 5) is 25.0. The Bertz CT molecular complexity index is 821. The maximum Gasteiger partial charge on any atom is 0.311 e. The first-order chi connectivity index (χ1) is 13.0. The summed E-state index contributed by atoms with van der Waals surface area (Å²) in [5.74, 6) is -0.586. The molecule has 1 aliphatic rings. The fraction of sp³-hybridized carbons (Fsp3) is 0.350. The quantitative estimate of drug-likeness (QED) is 0.388. The molecule has 0 bridgehead atoms. The van der Waals surface area contributed by atoms with Crippen LogP contribution in [0.4, 0.5) is 5.69 Å². The van der Waals surface area contributed by atoms with Gasteiger partial charge < -0.3 is 10.4 Å². The van der Waals surface area contributed by atoms with Crippen LogP contribution >= 0.6 is 24.8 Å². The Kier molecular flexibility index (Phi) is 10.0. The molecule has 1 atom stereocenters. The third-order valence-electron chi connectivity index (χ3n) is 4.91. The summed E-state index contributed by atoms with van der Waals surface area (Å²) in [5, 5.41) is 23.9. The van der Waals surface area contributed by atoms with Gasteiger partial charge in [0.2, 0.25) is 0 Å². The predicted octanol–water partition coefficient (Wildman–Crippen LogP) is 3.23. The third-order valence-corrected chi connectivity index (χ3v) is 4.91. The maximum atomic E-state index is 12.5. The molecule has 1 saturated heterocycles. The zero-order valence-electron chi connectivity index (χ0n) is 15.8. The van der Waals surface area contributed by atoms with Gasteiger partial charge in [-0.3, -0.25) is 19.8 Å². The molecular formula is C20H25Cl2N3O4. The van der Waals surface area contributed by atoms with Gasteiger partial charge in [-0.2, -0.15) is 0 Å². The lowest BCUT2D eigenvalue weighted by molar-refractivity contribution is -0.385. The summed E-state index contributed by atoms with van der Waals surface area (Å²) in [6, 6.07) is 14.4. The first-order valence-corrected chi connectivity index (χ1v) is 9.04. The molecule has 0 aliphatic carbocycles. The van der Waals surface area contributed by atoms with Crippen LogP contribution in [-0.2, 0) is 6.42 Å². The zero-order valence-corrected chi connectivity index (χ0v) is 17.5. The van der Waals surface area contributed by atoms with Crippen molar-refractivity contribution in [2.75, 3.05) is 26.2 Å². The topological polar surface area (TPSA) is 95.7 Å². The number of phenols is 1. The Balaban J connectivity index is 0.00000210. The third kappa shape index (κ3) is 6.68. The van der Waals surface area contributed by atoms with E-state index in [2.05, 4.69) is 22.3 Å². The van der Waals surface area contributed by atoms with Crippen LogP contribution in [0.3, 0.4) is 0 Å². The van der Waals surface area contributed by atoms with Gasteiger partial charge in [0.1, 0.15) is 0 Å². The summed E-state index contributed by atoms with van der Waals surface area (Å²) in [6.07, 6.45) is 1.19. The van der Waals surface area contributed by atoms with Crippen LogP contribution in [0.2, 0.25) is 0 Å². The van der Waals surface area contributed by atoms with Gasteiger partial charge in [-0.25, -0.2) is 0 Å². The van der Waals surface area contributed by atoms with Crippen LogP contribution in [-0.4, -0.2) is 52.9 Å². The first-order valence-electron chi connectivity index (χ1n) is 9.04. The molecule has 2 aromatic carbocycles. The van der Waals surface area contributed by atoms with E-state index in [0.717, 1.165) is 32.1 Å². The molecule has 7 nitrogen and oxygen atoms in total. The molecule has 2 aromatic rings. The van der Waals surface area contributed by atoms with Gasteiger partial charge in [0, 0.05) is 50.3 Å². The number of rotatable bonds is 7. The number of hydrogen-bond acceptors (Lipinski definition) is 6. The van der Waals surface area contributed by atoms with E-state index in [1.807, 2.05) is 18.2 Å². The number of aromatic hydroxyl groups is 1. The molecule has 0 saturated carbocycles. The molecule has 158 valence electrons. The van der Waals surface area contributed by atoms with Crippen molar-refractivity contribution >= 4 is 36.3 Å². The molecule has 1 unspecified atom stereocenters.